The van der Waals surface area contributed by atoms with E-state index in [4.69, 9.17) is 11.6 Å². The van der Waals surface area contributed by atoms with Crippen LogP contribution < -0.4 is 5.32 Å². The maximum absolute atomic E-state index is 12.5. The van der Waals surface area contributed by atoms with Crippen LogP contribution in [0.25, 0.3) is 0 Å². The molecule has 0 radical (unpaired) electrons. The molecule has 2 saturated heterocycles. The minimum Gasteiger partial charge on any atom is -0.506 e. The van der Waals surface area contributed by atoms with Gasteiger partial charge in [-0.3, -0.25) is 14.5 Å². The van der Waals surface area contributed by atoms with Gasteiger partial charge in [0.2, 0.25) is 11.8 Å². The molecule has 2 aliphatic rings. The van der Waals surface area contributed by atoms with Crippen LogP contribution in [0.15, 0.2) is 12.1 Å². The summed E-state index contributed by atoms with van der Waals surface area (Å²) in [6.07, 6.45) is 1.32. The molecule has 0 saturated carbocycles. The van der Waals surface area contributed by atoms with Crippen LogP contribution in [0.4, 0.5) is 5.69 Å². The molecule has 0 spiro atoms. The van der Waals surface area contributed by atoms with Gasteiger partial charge in [0.05, 0.1) is 12.2 Å². The molecule has 1 aromatic carbocycles. The van der Waals surface area contributed by atoms with Crippen molar-refractivity contribution < 1.29 is 14.7 Å². The number of nitrogens with zero attached hydrogens (tertiary/aromatic N) is 3. The maximum atomic E-state index is 12.5. The molecule has 168 valence electrons. The van der Waals surface area contributed by atoms with Gasteiger partial charge in [-0.1, -0.05) is 39.3 Å². The summed E-state index contributed by atoms with van der Waals surface area (Å²) >= 11 is 6.09. The monoisotopic (exact) mass is 438 g/mol. The summed E-state index contributed by atoms with van der Waals surface area (Å²) in [5.41, 5.74) is 1.46. The first kappa shape index (κ1) is 24.3. The summed E-state index contributed by atoms with van der Waals surface area (Å²) in [6.45, 7) is 12.7. The predicted molar refractivity (Wildman–Crippen MR) is 121 cm³/mol. The number of aryl methyl sites for hydroxylation is 1. The molecule has 0 aromatic heterocycles. The lowest BCUT2D eigenvalue weighted by atomic mass is 10.1. The highest BCUT2D eigenvalue weighted by Crippen LogP contribution is 2.30. The van der Waals surface area contributed by atoms with Gasteiger partial charge in [-0.05, 0) is 18.1 Å². The normalized spacial score (nSPS) is 17.1. The van der Waals surface area contributed by atoms with Gasteiger partial charge in [-0.25, -0.2) is 0 Å². The second kappa shape index (κ2) is 11.4. The minimum atomic E-state index is 0.0171. The number of phenols is 1. The first-order chi connectivity index (χ1) is 14.4. The quantitative estimate of drug-likeness (QED) is 0.668. The zero-order valence-corrected chi connectivity index (χ0v) is 19.3. The molecule has 1 aromatic rings. The third-order valence-corrected chi connectivity index (χ3v) is 6.03. The standard InChI is InChI=1S/C20H29ClN4O3.C2H6/c1-3-14-9-17(18(26)10-16(14)21)22-11-20(28)24-7-5-23(6-8-24)15-12-25(13-15)19(27)4-2;1-2/h9-10,15,22,26H,3-8,11-13H2,1-2H3;1-2H3. The molecule has 2 fully saturated rings. The fourth-order valence-electron chi connectivity index (χ4n) is 3.75. The molecular formula is C22H35ClN4O3. The van der Waals surface area contributed by atoms with E-state index in [1.165, 1.54) is 6.07 Å². The molecule has 7 nitrogen and oxygen atoms in total. The Hall–Kier alpha value is -1.99. The highest BCUT2D eigenvalue weighted by molar-refractivity contribution is 6.31. The Kier molecular flexibility index (Phi) is 9.24. The van der Waals surface area contributed by atoms with Gasteiger partial charge in [0, 0.05) is 62.8 Å². The Balaban J connectivity index is 0.00000155. The Morgan fingerprint density at radius 1 is 1.07 bits per heavy atom. The van der Waals surface area contributed by atoms with Gasteiger partial charge < -0.3 is 20.2 Å². The van der Waals surface area contributed by atoms with Gasteiger partial charge in [0.25, 0.3) is 0 Å². The van der Waals surface area contributed by atoms with Crippen molar-refractivity contribution in [1.29, 1.82) is 0 Å². The number of halogens is 1. The molecule has 2 amide bonds. The van der Waals surface area contributed by atoms with Crippen LogP contribution in [-0.2, 0) is 16.0 Å². The van der Waals surface area contributed by atoms with Crippen LogP contribution in [0.5, 0.6) is 5.75 Å². The van der Waals surface area contributed by atoms with Gasteiger partial charge in [0.15, 0.2) is 0 Å². The summed E-state index contributed by atoms with van der Waals surface area (Å²) in [7, 11) is 0. The molecule has 0 unspecified atom stereocenters. The summed E-state index contributed by atoms with van der Waals surface area (Å²) in [5, 5.41) is 13.6. The van der Waals surface area contributed by atoms with Gasteiger partial charge >= 0.3 is 0 Å². The van der Waals surface area contributed by atoms with Crippen LogP contribution >= 0.6 is 11.6 Å². The van der Waals surface area contributed by atoms with E-state index in [0.717, 1.165) is 38.2 Å². The summed E-state index contributed by atoms with van der Waals surface area (Å²) in [6, 6.07) is 3.73. The van der Waals surface area contributed by atoms with E-state index in [-0.39, 0.29) is 24.1 Å². The number of aromatic hydroxyl groups is 1. The van der Waals surface area contributed by atoms with Crippen molar-refractivity contribution in [3.05, 3.63) is 22.7 Å². The number of benzene rings is 1. The Labute approximate surface area is 185 Å². The number of rotatable bonds is 6. The molecule has 2 heterocycles. The fourth-order valence-corrected chi connectivity index (χ4v) is 4.04. The number of piperazine rings is 1. The highest BCUT2D eigenvalue weighted by Gasteiger charge is 2.35. The number of likely N-dealkylation sites (tertiary alicyclic amines) is 1. The lowest BCUT2D eigenvalue weighted by molar-refractivity contribution is -0.139. The van der Waals surface area contributed by atoms with Crippen LogP contribution in [0.1, 0.15) is 39.7 Å². The zero-order valence-electron chi connectivity index (χ0n) is 18.6. The van der Waals surface area contributed by atoms with Crippen molar-refractivity contribution in [2.24, 2.45) is 0 Å². The van der Waals surface area contributed by atoms with E-state index in [1.54, 1.807) is 6.07 Å². The second-order valence-corrected chi connectivity index (χ2v) is 7.80. The van der Waals surface area contributed by atoms with Gasteiger partial charge in [0.1, 0.15) is 5.75 Å². The topological polar surface area (TPSA) is 76.1 Å². The predicted octanol–water partition coefficient (Wildman–Crippen LogP) is 2.81. The average molecular weight is 439 g/mol. The van der Waals surface area contributed by atoms with Crippen molar-refractivity contribution in [2.75, 3.05) is 51.1 Å². The van der Waals surface area contributed by atoms with E-state index in [1.807, 2.05) is 37.5 Å². The molecule has 8 heteroatoms. The Bertz CT molecular complexity index is 729. The van der Waals surface area contributed by atoms with E-state index >= 15 is 0 Å². The number of carbonyl (C=O) groups excluding carboxylic acids is 2. The number of hydrogen-bond donors (Lipinski definition) is 2. The molecule has 2 N–H and O–H groups in total. The van der Waals surface area contributed by atoms with E-state index in [9.17, 15) is 14.7 Å². The van der Waals surface area contributed by atoms with Gasteiger partial charge in [-0.15, -0.1) is 0 Å². The van der Waals surface area contributed by atoms with Crippen LogP contribution in [-0.4, -0.2) is 83.5 Å². The zero-order chi connectivity index (χ0) is 22.3. The maximum Gasteiger partial charge on any atom is 0.241 e. The molecule has 0 atom stereocenters. The smallest absolute Gasteiger partial charge is 0.241 e. The van der Waals surface area contributed by atoms with Crippen molar-refractivity contribution in [1.82, 2.24) is 14.7 Å². The summed E-state index contributed by atoms with van der Waals surface area (Å²) < 4.78 is 0. The van der Waals surface area contributed by atoms with E-state index < -0.39 is 0 Å². The molecule has 2 aliphatic heterocycles. The third kappa shape index (κ3) is 5.79. The minimum absolute atomic E-state index is 0.0171. The lowest BCUT2D eigenvalue weighted by Gasteiger charge is -2.48. The van der Waals surface area contributed by atoms with Crippen LogP contribution in [0.3, 0.4) is 0 Å². The number of nitrogens with one attached hydrogen (secondary N) is 1. The van der Waals surface area contributed by atoms with Crippen molar-refractivity contribution in [3.63, 3.8) is 0 Å². The van der Waals surface area contributed by atoms with Crippen LogP contribution in [0, 0.1) is 0 Å². The molecule has 0 aliphatic carbocycles. The fraction of sp³-hybridized carbons (Fsp3) is 0.636. The number of amides is 2. The number of hydrogen-bond acceptors (Lipinski definition) is 5. The van der Waals surface area contributed by atoms with Crippen molar-refractivity contribution >= 4 is 29.1 Å². The van der Waals surface area contributed by atoms with Gasteiger partial charge in [-0.2, -0.15) is 0 Å². The Morgan fingerprint density at radius 3 is 2.27 bits per heavy atom. The first-order valence-corrected chi connectivity index (χ1v) is 11.4. The average Bonchev–Trinajstić information content (AvgIpc) is 2.73. The van der Waals surface area contributed by atoms with Crippen molar-refractivity contribution in [2.45, 2.75) is 46.6 Å². The molecule has 30 heavy (non-hydrogen) atoms. The summed E-state index contributed by atoms with van der Waals surface area (Å²) in [5.74, 6) is 0.284. The lowest BCUT2D eigenvalue weighted by Crippen LogP contribution is -2.64. The molecule has 0 bridgehead atoms. The van der Waals surface area contributed by atoms with Crippen molar-refractivity contribution in [3.8, 4) is 5.75 Å². The largest absolute Gasteiger partial charge is 0.506 e. The number of phenolic OH excluding ortho intramolecular Hbond substituents is 1. The molecular weight excluding hydrogens is 404 g/mol. The molecule has 3 rings (SSSR count). The SMILES string of the molecule is CC.CCC(=O)N1CC(N2CCN(C(=O)CNc3cc(CC)c(Cl)cc3O)CC2)C1. The highest BCUT2D eigenvalue weighted by atomic mass is 35.5. The third-order valence-electron chi connectivity index (χ3n) is 5.68. The number of anilines is 1. The van der Waals surface area contributed by atoms with E-state index in [2.05, 4.69) is 10.2 Å². The number of carbonyl (C=O) groups is 2. The second-order valence-electron chi connectivity index (χ2n) is 7.39. The summed E-state index contributed by atoms with van der Waals surface area (Å²) in [4.78, 5) is 30.3. The van der Waals surface area contributed by atoms with E-state index in [0.29, 0.717) is 36.3 Å². The Morgan fingerprint density at radius 2 is 1.70 bits per heavy atom. The van der Waals surface area contributed by atoms with Crippen LogP contribution in [0.2, 0.25) is 5.02 Å². The first-order valence-electron chi connectivity index (χ1n) is 11.0.